The molecule has 1 aromatic heterocycles. The zero-order valence-electron chi connectivity index (χ0n) is 19.8. The first-order valence-electron chi connectivity index (χ1n) is 11.7. The molecule has 2 aromatic carbocycles. The van der Waals surface area contributed by atoms with Gasteiger partial charge in [0.2, 0.25) is 0 Å². The van der Waals surface area contributed by atoms with Crippen molar-refractivity contribution in [1.29, 1.82) is 0 Å². The summed E-state index contributed by atoms with van der Waals surface area (Å²) in [6.07, 6.45) is 10.8. The number of H-pyrrole nitrogens is 1. The molecule has 0 unspecified atom stereocenters. The van der Waals surface area contributed by atoms with Crippen molar-refractivity contribution in [2.24, 2.45) is 0 Å². The topological polar surface area (TPSA) is 69.1 Å². The van der Waals surface area contributed by atoms with Gasteiger partial charge in [-0.2, -0.15) is 0 Å². The lowest BCUT2D eigenvalue weighted by atomic mass is 9.94. The second-order valence-corrected chi connectivity index (χ2v) is 8.89. The number of imidazole rings is 1. The van der Waals surface area contributed by atoms with Crippen LogP contribution in [-0.2, 0) is 12.8 Å². The number of fused-ring (bicyclic) bond motifs is 1. The Balaban J connectivity index is 1.98. The Labute approximate surface area is 191 Å². The number of phenols is 2. The summed E-state index contributed by atoms with van der Waals surface area (Å²) >= 11 is 0. The van der Waals surface area contributed by atoms with E-state index < -0.39 is 0 Å². The van der Waals surface area contributed by atoms with Gasteiger partial charge in [0.15, 0.2) is 0 Å². The zero-order valence-corrected chi connectivity index (χ0v) is 19.8. The molecule has 32 heavy (non-hydrogen) atoms. The maximum Gasteiger partial charge on any atom is 0.142 e. The van der Waals surface area contributed by atoms with Crippen LogP contribution in [-0.4, -0.2) is 20.2 Å². The standard InChI is InChI=1S/C28H36N2O2/c1-5-6-7-13-21-18-25(31)22(17-16-20(4)12-10-11-19(2)3)27(32)26(21)28-29-23-14-8-9-15-24(23)30-28/h8-9,11,14-16,18,31-32H,5-7,10,12-13,17H2,1-4H3,(H,29,30)/b20-16+. The molecule has 0 radical (unpaired) electrons. The molecule has 3 rings (SSSR count). The van der Waals surface area contributed by atoms with Crippen molar-refractivity contribution in [3.63, 3.8) is 0 Å². The van der Waals surface area contributed by atoms with Gasteiger partial charge in [-0.05, 0) is 76.6 Å². The number of para-hydroxylation sites is 2. The molecule has 0 spiro atoms. The maximum atomic E-state index is 11.3. The second-order valence-electron chi connectivity index (χ2n) is 8.89. The summed E-state index contributed by atoms with van der Waals surface area (Å²) < 4.78 is 0. The molecule has 3 aromatic rings. The van der Waals surface area contributed by atoms with Crippen molar-refractivity contribution in [2.45, 2.75) is 72.6 Å². The Bertz CT molecular complexity index is 1080. The van der Waals surface area contributed by atoms with Crippen LogP contribution in [0.4, 0.5) is 0 Å². The molecule has 3 N–H and O–H groups in total. The lowest BCUT2D eigenvalue weighted by Crippen LogP contribution is -1.97. The SMILES string of the molecule is CCCCCc1cc(O)c(C/C=C(\C)CCC=C(C)C)c(O)c1-c1nc2ccccc2[nH]1. The number of rotatable bonds is 10. The van der Waals surface area contributed by atoms with Crippen LogP contribution in [0.15, 0.2) is 53.6 Å². The summed E-state index contributed by atoms with van der Waals surface area (Å²) in [6.45, 7) is 8.49. The highest BCUT2D eigenvalue weighted by atomic mass is 16.3. The van der Waals surface area contributed by atoms with E-state index >= 15 is 0 Å². The molecule has 0 saturated carbocycles. The highest BCUT2D eigenvalue weighted by Gasteiger charge is 2.20. The van der Waals surface area contributed by atoms with Crippen molar-refractivity contribution in [2.75, 3.05) is 0 Å². The van der Waals surface area contributed by atoms with Gasteiger partial charge in [0.1, 0.15) is 17.3 Å². The van der Waals surface area contributed by atoms with Gasteiger partial charge < -0.3 is 15.2 Å². The van der Waals surface area contributed by atoms with E-state index in [0.29, 0.717) is 23.4 Å². The molecule has 0 fully saturated rings. The number of benzene rings is 2. The fraction of sp³-hybridized carbons (Fsp3) is 0.393. The van der Waals surface area contributed by atoms with Gasteiger partial charge in [0.05, 0.1) is 16.6 Å². The van der Waals surface area contributed by atoms with E-state index in [-0.39, 0.29) is 11.5 Å². The summed E-state index contributed by atoms with van der Waals surface area (Å²) in [5.41, 5.74) is 6.57. The fourth-order valence-electron chi connectivity index (χ4n) is 4.01. The predicted molar refractivity (Wildman–Crippen MR) is 134 cm³/mol. The predicted octanol–water partition coefficient (Wildman–Crippen LogP) is 7.61. The van der Waals surface area contributed by atoms with E-state index in [9.17, 15) is 10.2 Å². The van der Waals surface area contributed by atoms with Crippen LogP contribution in [0.5, 0.6) is 11.5 Å². The van der Waals surface area contributed by atoms with Crippen molar-refractivity contribution >= 4 is 11.0 Å². The summed E-state index contributed by atoms with van der Waals surface area (Å²) in [6, 6.07) is 9.69. The third-order valence-electron chi connectivity index (χ3n) is 5.89. The number of nitrogens with one attached hydrogen (secondary N) is 1. The first-order valence-corrected chi connectivity index (χ1v) is 11.7. The Morgan fingerprint density at radius 2 is 1.84 bits per heavy atom. The lowest BCUT2D eigenvalue weighted by Gasteiger charge is -2.15. The van der Waals surface area contributed by atoms with Gasteiger partial charge >= 0.3 is 0 Å². The lowest BCUT2D eigenvalue weighted by molar-refractivity contribution is 0.440. The third-order valence-corrected chi connectivity index (χ3v) is 5.89. The second kappa shape index (κ2) is 11.0. The van der Waals surface area contributed by atoms with E-state index in [4.69, 9.17) is 4.98 Å². The van der Waals surface area contributed by atoms with E-state index in [1.54, 1.807) is 0 Å². The van der Waals surface area contributed by atoms with Gasteiger partial charge in [0.25, 0.3) is 0 Å². The van der Waals surface area contributed by atoms with Crippen LogP contribution in [0, 0.1) is 0 Å². The summed E-state index contributed by atoms with van der Waals surface area (Å²) in [4.78, 5) is 8.10. The number of aromatic amines is 1. The van der Waals surface area contributed by atoms with E-state index in [1.807, 2.05) is 30.3 Å². The van der Waals surface area contributed by atoms with Gasteiger partial charge in [-0.25, -0.2) is 4.98 Å². The third kappa shape index (κ3) is 5.82. The summed E-state index contributed by atoms with van der Waals surface area (Å²) in [5, 5.41) is 22.1. The minimum Gasteiger partial charge on any atom is -0.508 e. The van der Waals surface area contributed by atoms with Crippen LogP contribution >= 0.6 is 0 Å². The molecule has 0 saturated heterocycles. The molecule has 0 aliphatic rings. The van der Waals surface area contributed by atoms with Crippen molar-refractivity contribution < 1.29 is 10.2 Å². The highest BCUT2D eigenvalue weighted by Crippen LogP contribution is 2.41. The molecule has 4 nitrogen and oxygen atoms in total. The Morgan fingerprint density at radius 3 is 2.56 bits per heavy atom. The minimum atomic E-state index is 0.129. The van der Waals surface area contributed by atoms with Crippen LogP contribution in [0.25, 0.3) is 22.4 Å². The zero-order chi connectivity index (χ0) is 23.1. The molecular weight excluding hydrogens is 396 g/mol. The smallest absolute Gasteiger partial charge is 0.142 e. The van der Waals surface area contributed by atoms with Crippen LogP contribution in [0.1, 0.15) is 70.9 Å². The van der Waals surface area contributed by atoms with Crippen LogP contribution < -0.4 is 0 Å². The first kappa shape index (κ1) is 23.6. The molecular formula is C28H36N2O2. The van der Waals surface area contributed by atoms with Gasteiger partial charge in [-0.3, -0.25) is 0 Å². The summed E-state index contributed by atoms with van der Waals surface area (Å²) in [7, 11) is 0. The van der Waals surface area contributed by atoms with E-state index in [0.717, 1.165) is 55.1 Å². The molecule has 0 amide bonds. The minimum absolute atomic E-state index is 0.129. The number of aromatic hydroxyl groups is 2. The average molecular weight is 433 g/mol. The number of phenolic OH excluding ortho intramolecular Hbond substituents is 2. The molecule has 4 heteroatoms. The summed E-state index contributed by atoms with van der Waals surface area (Å²) in [5.74, 6) is 0.937. The van der Waals surface area contributed by atoms with Crippen molar-refractivity contribution in [3.8, 4) is 22.9 Å². The van der Waals surface area contributed by atoms with Crippen LogP contribution in [0.2, 0.25) is 0 Å². The molecule has 0 bridgehead atoms. The Morgan fingerprint density at radius 1 is 1.06 bits per heavy atom. The molecule has 0 aliphatic heterocycles. The Hall–Kier alpha value is -3.01. The largest absolute Gasteiger partial charge is 0.508 e. The molecule has 0 aliphatic carbocycles. The van der Waals surface area contributed by atoms with Crippen molar-refractivity contribution in [1.82, 2.24) is 9.97 Å². The molecule has 0 atom stereocenters. The maximum absolute atomic E-state index is 11.3. The Kier molecular flexibility index (Phi) is 8.15. The fourth-order valence-corrected chi connectivity index (χ4v) is 4.01. The number of hydrogen-bond acceptors (Lipinski definition) is 3. The van der Waals surface area contributed by atoms with E-state index in [2.05, 4.69) is 44.8 Å². The van der Waals surface area contributed by atoms with E-state index in [1.165, 1.54) is 11.1 Å². The number of hydrogen-bond donors (Lipinski definition) is 3. The average Bonchev–Trinajstić information content (AvgIpc) is 3.17. The number of aryl methyl sites for hydroxylation is 1. The number of nitrogens with zero attached hydrogens (tertiary/aromatic N) is 1. The normalized spacial score (nSPS) is 11.8. The number of unbranched alkanes of at least 4 members (excludes halogenated alkanes) is 2. The highest BCUT2D eigenvalue weighted by molar-refractivity contribution is 5.82. The van der Waals surface area contributed by atoms with Gasteiger partial charge in [0, 0.05) is 5.56 Å². The van der Waals surface area contributed by atoms with Crippen molar-refractivity contribution in [3.05, 3.63) is 64.8 Å². The monoisotopic (exact) mass is 432 g/mol. The quantitative estimate of drug-likeness (QED) is 0.228. The first-order chi connectivity index (χ1) is 15.4. The molecule has 170 valence electrons. The van der Waals surface area contributed by atoms with Gasteiger partial charge in [-0.15, -0.1) is 0 Å². The van der Waals surface area contributed by atoms with Crippen LogP contribution in [0.3, 0.4) is 0 Å². The number of allylic oxidation sites excluding steroid dienone is 4. The molecule has 1 heterocycles. The van der Waals surface area contributed by atoms with Gasteiger partial charge in [-0.1, -0.05) is 55.2 Å². The number of aromatic nitrogens is 2.